The van der Waals surface area contributed by atoms with Gasteiger partial charge in [0.1, 0.15) is 23.7 Å². The molecule has 3 aromatic rings. The molecule has 0 radical (unpaired) electrons. The van der Waals surface area contributed by atoms with Crippen LogP contribution in [0.5, 0.6) is 11.5 Å². The molecule has 0 aliphatic carbocycles. The van der Waals surface area contributed by atoms with Crippen LogP contribution in [0.3, 0.4) is 0 Å². The lowest BCUT2D eigenvalue weighted by atomic mass is 10.1. The predicted octanol–water partition coefficient (Wildman–Crippen LogP) is 3.31. The number of phenols is 2. The van der Waals surface area contributed by atoms with Gasteiger partial charge < -0.3 is 20.1 Å². The smallest absolute Gasteiger partial charge is 0.340 e. The second kappa shape index (κ2) is 6.52. The highest BCUT2D eigenvalue weighted by Crippen LogP contribution is 2.24. The van der Waals surface area contributed by atoms with Gasteiger partial charge in [-0.25, -0.2) is 9.59 Å². The number of aromatic hydroxyl groups is 2. The molecule has 126 valence electrons. The van der Waals surface area contributed by atoms with Crippen LogP contribution in [0.2, 0.25) is 0 Å². The molecule has 6 heteroatoms. The molecule has 0 aliphatic rings. The highest BCUT2D eigenvalue weighted by molar-refractivity contribution is 6.04. The van der Waals surface area contributed by atoms with Gasteiger partial charge >= 0.3 is 11.9 Å². The first kappa shape index (κ1) is 16.3. The number of phenolic OH excluding ortho intramolecular Hbond substituents is 1. The molecule has 25 heavy (non-hydrogen) atoms. The number of esters is 1. The molecule has 0 aromatic heterocycles. The third-order valence-electron chi connectivity index (χ3n) is 3.73. The first-order valence-corrected chi connectivity index (χ1v) is 7.40. The molecule has 3 aromatic carbocycles. The Morgan fingerprint density at radius 1 is 0.920 bits per heavy atom. The topological polar surface area (TPSA) is 104 Å². The van der Waals surface area contributed by atoms with Crippen LogP contribution in [0.25, 0.3) is 10.8 Å². The van der Waals surface area contributed by atoms with E-state index in [4.69, 9.17) is 9.84 Å². The number of carbonyl (C=O) groups excluding carboxylic acids is 1. The van der Waals surface area contributed by atoms with Crippen LogP contribution in [-0.2, 0) is 11.3 Å². The van der Waals surface area contributed by atoms with E-state index in [1.54, 1.807) is 30.3 Å². The van der Waals surface area contributed by atoms with Gasteiger partial charge in [0.2, 0.25) is 0 Å². The lowest BCUT2D eigenvalue weighted by Gasteiger charge is -2.09. The highest BCUT2D eigenvalue weighted by Gasteiger charge is 2.21. The molecule has 0 saturated carbocycles. The van der Waals surface area contributed by atoms with Crippen molar-refractivity contribution in [3.05, 3.63) is 71.3 Å². The van der Waals surface area contributed by atoms with E-state index in [0.29, 0.717) is 5.56 Å². The van der Waals surface area contributed by atoms with Gasteiger partial charge in [0.05, 0.1) is 5.56 Å². The average Bonchev–Trinajstić information content (AvgIpc) is 2.59. The second-order valence-corrected chi connectivity index (χ2v) is 5.45. The summed E-state index contributed by atoms with van der Waals surface area (Å²) in [5, 5.41) is 29.9. The Hall–Kier alpha value is -3.54. The Bertz CT molecular complexity index is 977. The van der Waals surface area contributed by atoms with Crippen LogP contribution in [0.4, 0.5) is 0 Å². The fourth-order valence-corrected chi connectivity index (χ4v) is 2.53. The quantitative estimate of drug-likeness (QED) is 0.631. The number of carbonyl (C=O) groups is 2. The van der Waals surface area contributed by atoms with E-state index in [0.717, 1.165) is 10.8 Å². The molecular weight excluding hydrogens is 324 g/mol. The summed E-state index contributed by atoms with van der Waals surface area (Å²) in [5.41, 5.74) is 0.0169. The van der Waals surface area contributed by atoms with Crippen LogP contribution in [0.1, 0.15) is 26.3 Å². The standard InChI is InChI=1S/C19H14O6/c20-14-7-6-12-8-11(4-5-13(12)9-14)10-25-19(24)15-2-1-3-16(21)17(15)18(22)23/h1-9,20-21H,10H2,(H,22,23). The van der Waals surface area contributed by atoms with Crippen LogP contribution in [0, 0.1) is 0 Å². The van der Waals surface area contributed by atoms with E-state index in [-0.39, 0.29) is 17.9 Å². The zero-order valence-electron chi connectivity index (χ0n) is 13.0. The Balaban J connectivity index is 1.80. The van der Waals surface area contributed by atoms with Crippen LogP contribution < -0.4 is 0 Å². The molecule has 0 bridgehead atoms. The van der Waals surface area contributed by atoms with Crippen molar-refractivity contribution in [2.75, 3.05) is 0 Å². The molecule has 0 atom stereocenters. The Morgan fingerprint density at radius 2 is 1.64 bits per heavy atom. The maximum Gasteiger partial charge on any atom is 0.340 e. The van der Waals surface area contributed by atoms with Gasteiger partial charge in [0.25, 0.3) is 0 Å². The van der Waals surface area contributed by atoms with Gasteiger partial charge in [0.15, 0.2) is 0 Å². The first-order chi connectivity index (χ1) is 12.0. The maximum atomic E-state index is 12.2. The van der Waals surface area contributed by atoms with Gasteiger partial charge in [-0.1, -0.05) is 24.3 Å². The van der Waals surface area contributed by atoms with Crippen molar-refractivity contribution in [2.24, 2.45) is 0 Å². The summed E-state index contributed by atoms with van der Waals surface area (Å²) in [6.07, 6.45) is 0. The van der Waals surface area contributed by atoms with Gasteiger partial charge in [-0.2, -0.15) is 0 Å². The average molecular weight is 338 g/mol. The van der Waals surface area contributed by atoms with E-state index >= 15 is 0 Å². The fourth-order valence-electron chi connectivity index (χ4n) is 2.53. The highest BCUT2D eigenvalue weighted by atomic mass is 16.5. The Morgan fingerprint density at radius 3 is 2.40 bits per heavy atom. The van der Waals surface area contributed by atoms with Crippen molar-refractivity contribution in [3.8, 4) is 11.5 Å². The number of aromatic carboxylic acids is 1. The summed E-state index contributed by atoms with van der Waals surface area (Å²) >= 11 is 0. The Kier molecular flexibility index (Phi) is 4.26. The zero-order chi connectivity index (χ0) is 18.0. The summed E-state index contributed by atoms with van der Waals surface area (Å²) in [6.45, 7) is -0.0512. The number of hydrogen-bond acceptors (Lipinski definition) is 5. The van der Waals surface area contributed by atoms with Crippen LogP contribution in [0.15, 0.2) is 54.6 Å². The lowest BCUT2D eigenvalue weighted by Crippen LogP contribution is -2.12. The normalized spacial score (nSPS) is 10.6. The number of carboxylic acids is 1. The van der Waals surface area contributed by atoms with E-state index in [1.807, 2.05) is 6.07 Å². The van der Waals surface area contributed by atoms with Gasteiger partial charge in [-0.05, 0) is 46.7 Å². The second-order valence-electron chi connectivity index (χ2n) is 5.45. The summed E-state index contributed by atoms with van der Waals surface area (Å²) in [4.78, 5) is 23.4. The minimum Gasteiger partial charge on any atom is -0.508 e. The van der Waals surface area contributed by atoms with Crippen molar-refractivity contribution in [1.29, 1.82) is 0 Å². The summed E-state index contributed by atoms with van der Waals surface area (Å²) in [7, 11) is 0. The monoisotopic (exact) mass is 338 g/mol. The Labute approximate surface area is 142 Å². The molecule has 0 amide bonds. The molecule has 0 spiro atoms. The number of fused-ring (bicyclic) bond motifs is 1. The predicted molar refractivity (Wildman–Crippen MR) is 89.8 cm³/mol. The molecule has 0 heterocycles. The number of hydrogen-bond donors (Lipinski definition) is 3. The van der Waals surface area contributed by atoms with E-state index in [9.17, 15) is 19.8 Å². The third kappa shape index (κ3) is 3.37. The molecule has 3 rings (SSSR count). The minimum absolute atomic E-state index is 0.0512. The summed E-state index contributed by atoms with van der Waals surface area (Å²) < 4.78 is 5.17. The molecule has 0 fully saturated rings. The van der Waals surface area contributed by atoms with Gasteiger partial charge in [-0.3, -0.25) is 0 Å². The van der Waals surface area contributed by atoms with Crippen molar-refractivity contribution in [1.82, 2.24) is 0 Å². The summed E-state index contributed by atoms with van der Waals surface area (Å²) in [6, 6.07) is 14.1. The SMILES string of the molecule is O=C(OCc1ccc2cc(O)ccc2c1)c1cccc(O)c1C(=O)O. The summed E-state index contributed by atoms with van der Waals surface area (Å²) in [5.74, 6) is -2.57. The van der Waals surface area contributed by atoms with E-state index < -0.39 is 23.3 Å². The van der Waals surface area contributed by atoms with Gasteiger partial charge in [-0.15, -0.1) is 0 Å². The number of rotatable bonds is 4. The largest absolute Gasteiger partial charge is 0.508 e. The number of ether oxygens (including phenoxy) is 1. The van der Waals surface area contributed by atoms with Crippen molar-refractivity contribution < 1.29 is 29.6 Å². The molecule has 0 aliphatic heterocycles. The molecule has 0 saturated heterocycles. The van der Waals surface area contributed by atoms with Crippen LogP contribution in [-0.4, -0.2) is 27.3 Å². The molecule has 6 nitrogen and oxygen atoms in total. The molecule has 0 unspecified atom stereocenters. The third-order valence-corrected chi connectivity index (χ3v) is 3.73. The van der Waals surface area contributed by atoms with Crippen molar-refractivity contribution in [3.63, 3.8) is 0 Å². The minimum atomic E-state index is -1.41. The maximum absolute atomic E-state index is 12.2. The van der Waals surface area contributed by atoms with Crippen molar-refractivity contribution in [2.45, 2.75) is 6.61 Å². The molecular formula is C19H14O6. The number of benzene rings is 3. The van der Waals surface area contributed by atoms with E-state index in [2.05, 4.69) is 0 Å². The first-order valence-electron chi connectivity index (χ1n) is 7.40. The van der Waals surface area contributed by atoms with E-state index in [1.165, 1.54) is 18.2 Å². The molecule has 3 N–H and O–H groups in total. The van der Waals surface area contributed by atoms with Crippen molar-refractivity contribution >= 4 is 22.7 Å². The zero-order valence-corrected chi connectivity index (χ0v) is 13.0. The lowest BCUT2D eigenvalue weighted by molar-refractivity contribution is 0.0462. The number of carboxylic acid groups (broad SMARTS) is 1. The van der Waals surface area contributed by atoms with Gasteiger partial charge in [0, 0.05) is 0 Å². The fraction of sp³-hybridized carbons (Fsp3) is 0.0526. The van der Waals surface area contributed by atoms with Crippen LogP contribution >= 0.6 is 0 Å².